The maximum absolute atomic E-state index is 12.8. The monoisotopic (exact) mass is 261 g/mol. The van der Waals surface area contributed by atoms with Crippen LogP contribution in [0, 0.1) is 29.5 Å². The quantitative estimate of drug-likeness (QED) is 0.873. The maximum atomic E-state index is 12.8. The van der Waals surface area contributed by atoms with E-state index in [1.807, 2.05) is 0 Å². The second kappa shape index (κ2) is 4.29. The van der Waals surface area contributed by atoms with Crippen LogP contribution in [0.3, 0.4) is 0 Å². The first kappa shape index (κ1) is 11.9. The molecule has 0 spiro atoms. The van der Waals surface area contributed by atoms with Crippen molar-refractivity contribution in [1.82, 2.24) is 5.32 Å². The molecule has 5 atom stereocenters. The number of benzene rings is 1. The first-order chi connectivity index (χ1) is 9.24. The molecular formula is C16H20FNO. The molecule has 2 bridgehead atoms. The Hall–Kier alpha value is -0.930. The Balaban J connectivity index is 1.33. The predicted molar refractivity (Wildman–Crippen MR) is 71.0 cm³/mol. The van der Waals surface area contributed by atoms with Crippen molar-refractivity contribution in [3.63, 3.8) is 0 Å². The number of aliphatic hydroxyl groups is 1. The van der Waals surface area contributed by atoms with Crippen LogP contribution in [0.2, 0.25) is 0 Å². The standard InChI is InChI=1S/C16H20FNO/c17-12-5-3-9(4-6-12)13(19)8-18-16-14-10-1-2-11(7-10)15(14)16/h3-6,10-11,13-16,18-19H,1-2,7-8H2. The molecule has 102 valence electrons. The molecular weight excluding hydrogens is 241 g/mol. The van der Waals surface area contributed by atoms with Gasteiger partial charge in [0, 0.05) is 12.6 Å². The molecule has 1 aromatic rings. The highest BCUT2D eigenvalue weighted by molar-refractivity contribution is 5.20. The number of rotatable bonds is 4. The highest BCUT2D eigenvalue weighted by Gasteiger charge is 2.64. The topological polar surface area (TPSA) is 32.3 Å². The lowest BCUT2D eigenvalue weighted by Gasteiger charge is -2.15. The minimum atomic E-state index is -0.528. The lowest BCUT2D eigenvalue weighted by atomic mass is 10.0. The van der Waals surface area contributed by atoms with Crippen molar-refractivity contribution in [2.24, 2.45) is 23.7 Å². The summed E-state index contributed by atoms with van der Waals surface area (Å²) >= 11 is 0. The zero-order chi connectivity index (χ0) is 13.0. The summed E-state index contributed by atoms with van der Waals surface area (Å²) in [6.45, 7) is 0.586. The lowest BCUT2D eigenvalue weighted by Crippen LogP contribution is -2.27. The van der Waals surface area contributed by atoms with Crippen molar-refractivity contribution in [3.8, 4) is 0 Å². The Morgan fingerprint density at radius 1 is 1.16 bits per heavy atom. The summed E-state index contributed by atoms with van der Waals surface area (Å²) in [5, 5.41) is 13.6. The van der Waals surface area contributed by atoms with Crippen molar-refractivity contribution in [2.75, 3.05) is 6.54 Å². The Labute approximate surface area is 113 Å². The predicted octanol–water partition coefficient (Wildman–Crippen LogP) is 2.49. The van der Waals surface area contributed by atoms with Crippen molar-refractivity contribution in [2.45, 2.75) is 31.4 Å². The first-order valence-corrected chi connectivity index (χ1v) is 7.41. The van der Waals surface area contributed by atoms with E-state index in [9.17, 15) is 9.50 Å². The molecule has 4 rings (SSSR count). The summed E-state index contributed by atoms with van der Waals surface area (Å²) in [5.74, 6) is 3.43. The van der Waals surface area contributed by atoms with Crippen LogP contribution in [0.1, 0.15) is 30.9 Å². The molecule has 3 fully saturated rings. The van der Waals surface area contributed by atoms with Crippen LogP contribution >= 0.6 is 0 Å². The van der Waals surface area contributed by atoms with Gasteiger partial charge in [-0.3, -0.25) is 0 Å². The minimum absolute atomic E-state index is 0.253. The fourth-order valence-electron chi connectivity index (χ4n) is 4.65. The summed E-state index contributed by atoms with van der Waals surface area (Å²) in [7, 11) is 0. The Bertz CT molecular complexity index is 458. The third kappa shape index (κ3) is 1.91. The molecule has 0 aromatic heterocycles. The SMILES string of the molecule is OC(CNC1C2C3CCC(C3)C12)c1ccc(F)cc1. The minimum Gasteiger partial charge on any atom is -0.387 e. The van der Waals surface area contributed by atoms with Crippen LogP contribution in [0.4, 0.5) is 4.39 Å². The van der Waals surface area contributed by atoms with Gasteiger partial charge in [-0.05, 0) is 60.6 Å². The number of fused-ring (bicyclic) bond motifs is 5. The summed E-state index contributed by atoms with van der Waals surface area (Å²) in [6.07, 6.45) is 3.77. The highest BCUT2D eigenvalue weighted by Crippen LogP contribution is 2.65. The summed E-state index contributed by atoms with van der Waals surface area (Å²) in [6, 6.07) is 6.79. The van der Waals surface area contributed by atoms with E-state index in [1.165, 1.54) is 31.4 Å². The fourth-order valence-corrected chi connectivity index (χ4v) is 4.65. The smallest absolute Gasteiger partial charge is 0.123 e. The number of hydrogen-bond acceptors (Lipinski definition) is 2. The summed E-state index contributed by atoms with van der Waals surface area (Å²) in [4.78, 5) is 0. The largest absolute Gasteiger partial charge is 0.387 e. The average Bonchev–Trinajstić information content (AvgIpc) is 2.80. The van der Waals surface area contributed by atoms with Gasteiger partial charge in [-0.1, -0.05) is 12.1 Å². The molecule has 0 amide bonds. The van der Waals surface area contributed by atoms with E-state index in [-0.39, 0.29) is 5.82 Å². The normalized spacial score (nSPS) is 40.2. The average molecular weight is 261 g/mol. The molecule has 2 nitrogen and oxygen atoms in total. The van der Waals surface area contributed by atoms with E-state index in [2.05, 4.69) is 5.32 Å². The van der Waals surface area contributed by atoms with Gasteiger partial charge >= 0.3 is 0 Å². The zero-order valence-corrected chi connectivity index (χ0v) is 10.9. The molecule has 3 aliphatic rings. The summed E-state index contributed by atoms with van der Waals surface area (Å²) in [5.41, 5.74) is 0.794. The number of hydrogen-bond donors (Lipinski definition) is 2. The van der Waals surface area contributed by atoms with Crippen LogP contribution in [0.5, 0.6) is 0 Å². The lowest BCUT2D eigenvalue weighted by molar-refractivity contribution is 0.171. The maximum Gasteiger partial charge on any atom is 0.123 e. The summed E-state index contributed by atoms with van der Waals surface area (Å²) < 4.78 is 12.8. The van der Waals surface area contributed by atoms with Gasteiger partial charge in [-0.2, -0.15) is 0 Å². The third-order valence-corrected chi connectivity index (χ3v) is 5.54. The molecule has 3 saturated carbocycles. The molecule has 2 N–H and O–H groups in total. The second-order valence-corrected chi connectivity index (χ2v) is 6.49. The zero-order valence-electron chi connectivity index (χ0n) is 10.9. The molecule has 0 radical (unpaired) electrons. The Morgan fingerprint density at radius 3 is 2.42 bits per heavy atom. The van der Waals surface area contributed by atoms with Crippen molar-refractivity contribution in [3.05, 3.63) is 35.6 Å². The van der Waals surface area contributed by atoms with E-state index in [1.54, 1.807) is 12.1 Å². The molecule has 3 heteroatoms. The highest BCUT2D eigenvalue weighted by atomic mass is 19.1. The van der Waals surface area contributed by atoms with Crippen LogP contribution in [0.25, 0.3) is 0 Å². The van der Waals surface area contributed by atoms with Crippen LogP contribution in [-0.2, 0) is 0 Å². The van der Waals surface area contributed by atoms with Crippen molar-refractivity contribution in [1.29, 1.82) is 0 Å². The van der Waals surface area contributed by atoms with Gasteiger partial charge in [0.05, 0.1) is 6.10 Å². The van der Waals surface area contributed by atoms with E-state index in [0.717, 1.165) is 29.2 Å². The van der Waals surface area contributed by atoms with Gasteiger partial charge in [0.1, 0.15) is 5.82 Å². The second-order valence-electron chi connectivity index (χ2n) is 6.49. The Morgan fingerprint density at radius 2 is 1.79 bits per heavy atom. The number of halogens is 1. The van der Waals surface area contributed by atoms with E-state index < -0.39 is 6.10 Å². The number of nitrogens with one attached hydrogen (secondary N) is 1. The van der Waals surface area contributed by atoms with Gasteiger partial charge in [-0.15, -0.1) is 0 Å². The molecule has 3 aliphatic carbocycles. The van der Waals surface area contributed by atoms with Gasteiger partial charge in [0.2, 0.25) is 0 Å². The molecule has 0 heterocycles. The van der Waals surface area contributed by atoms with Crippen molar-refractivity contribution < 1.29 is 9.50 Å². The van der Waals surface area contributed by atoms with Crippen LogP contribution in [0.15, 0.2) is 24.3 Å². The molecule has 5 unspecified atom stereocenters. The molecule has 0 aliphatic heterocycles. The van der Waals surface area contributed by atoms with Crippen LogP contribution < -0.4 is 5.32 Å². The van der Waals surface area contributed by atoms with Crippen LogP contribution in [-0.4, -0.2) is 17.7 Å². The van der Waals surface area contributed by atoms with E-state index >= 15 is 0 Å². The van der Waals surface area contributed by atoms with E-state index in [4.69, 9.17) is 0 Å². The first-order valence-electron chi connectivity index (χ1n) is 7.41. The molecule has 1 aromatic carbocycles. The fraction of sp³-hybridized carbons (Fsp3) is 0.625. The number of aliphatic hydroxyl groups excluding tert-OH is 1. The van der Waals surface area contributed by atoms with Gasteiger partial charge < -0.3 is 10.4 Å². The van der Waals surface area contributed by atoms with Gasteiger partial charge in [0.15, 0.2) is 0 Å². The molecule has 19 heavy (non-hydrogen) atoms. The Kier molecular flexibility index (Phi) is 2.68. The van der Waals surface area contributed by atoms with Gasteiger partial charge in [-0.25, -0.2) is 4.39 Å². The van der Waals surface area contributed by atoms with E-state index in [0.29, 0.717) is 12.6 Å². The third-order valence-electron chi connectivity index (χ3n) is 5.54. The van der Waals surface area contributed by atoms with Gasteiger partial charge in [0.25, 0.3) is 0 Å². The molecule has 0 saturated heterocycles. The van der Waals surface area contributed by atoms with Crippen molar-refractivity contribution >= 4 is 0 Å².